The lowest BCUT2D eigenvalue weighted by Crippen LogP contribution is -2.56. The number of hydrogen-bond acceptors (Lipinski definition) is 3. The van der Waals surface area contributed by atoms with Crippen LogP contribution in [0.2, 0.25) is 0 Å². The Morgan fingerprint density at radius 2 is 1.78 bits per heavy atom. The zero-order chi connectivity index (χ0) is 13.0. The molecule has 0 N–H and O–H groups in total. The topological polar surface area (TPSA) is 35.5 Å². The molecule has 100 valence electrons. The first-order valence-corrected chi connectivity index (χ1v) is 6.95. The molecule has 1 heterocycles. The second-order valence-corrected chi connectivity index (χ2v) is 6.49. The van der Waals surface area contributed by atoms with Gasteiger partial charge < -0.3 is 9.47 Å². The number of ether oxygens (including phenoxy) is 2. The Morgan fingerprint density at radius 3 is 2.44 bits per heavy atom. The maximum Gasteiger partial charge on any atom is 0.177 e. The number of carbonyl (C=O) groups is 1. The predicted molar refractivity (Wildman–Crippen MR) is 68.1 cm³/mol. The Hall–Kier alpha value is -0.670. The number of fused-ring (bicyclic) bond motifs is 2. The van der Waals surface area contributed by atoms with Gasteiger partial charge in [0.15, 0.2) is 5.79 Å². The Balaban J connectivity index is 2.09. The molecule has 3 nitrogen and oxygen atoms in total. The van der Waals surface area contributed by atoms with Crippen molar-refractivity contribution in [3.8, 4) is 0 Å². The van der Waals surface area contributed by atoms with Gasteiger partial charge >= 0.3 is 0 Å². The monoisotopic (exact) mass is 250 g/mol. The summed E-state index contributed by atoms with van der Waals surface area (Å²) in [7, 11) is 0. The number of Topliss-reactive ketones (excluding diaryl/α,β-unsaturated/α-hetero) is 1. The van der Waals surface area contributed by atoms with E-state index in [1.807, 2.05) is 13.8 Å². The van der Waals surface area contributed by atoms with Gasteiger partial charge in [0, 0.05) is 23.7 Å². The van der Waals surface area contributed by atoms with Crippen LogP contribution in [-0.4, -0.2) is 24.8 Å². The summed E-state index contributed by atoms with van der Waals surface area (Å²) in [5, 5.41) is 0. The van der Waals surface area contributed by atoms with E-state index < -0.39 is 5.79 Å². The van der Waals surface area contributed by atoms with E-state index in [0.29, 0.717) is 25.4 Å². The van der Waals surface area contributed by atoms with Crippen LogP contribution in [0.1, 0.15) is 46.5 Å². The third-order valence-electron chi connectivity index (χ3n) is 5.23. The van der Waals surface area contributed by atoms with Gasteiger partial charge in [-0.3, -0.25) is 4.79 Å². The van der Waals surface area contributed by atoms with Crippen LogP contribution in [0.5, 0.6) is 0 Å². The summed E-state index contributed by atoms with van der Waals surface area (Å²) in [6, 6.07) is 0. The standard InChI is InChI=1S/C15H22O3/c1-13(2)11-5-4-7-15(17-9-10-18-15)14(11,3)8-6-12(13)16/h5H,4,6-10H2,1-3H3/t14-/m0/s1. The average molecular weight is 250 g/mol. The molecule has 0 amide bonds. The van der Waals surface area contributed by atoms with Crippen LogP contribution in [0, 0.1) is 10.8 Å². The zero-order valence-electron chi connectivity index (χ0n) is 11.5. The van der Waals surface area contributed by atoms with Crippen LogP contribution in [0.4, 0.5) is 0 Å². The number of ketones is 1. The molecule has 2 fully saturated rings. The van der Waals surface area contributed by atoms with Crippen molar-refractivity contribution in [1.82, 2.24) is 0 Å². The molecular formula is C15H22O3. The van der Waals surface area contributed by atoms with E-state index in [4.69, 9.17) is 9.47 Å². The Morgan fingerprint density at radius 1 is 1.11 bits per heavy atom. The van der Waals surface area contributed by atoms with E-state index >= 15 is 0 Å². The van der Waals surface area contributed by atoms with Crippen LogP contribution >= 0.6 is 0 Å². The van der Waals surface area contributed by atoms with Gasteiger partial charge in [-0.2, -0.15) is 0 Å². The first-order valence-electron chi connectivity index (χ1n) is 6.95. The molecule has 3 heteroatoms. The van der Waals surface area contributed by atoms with E-state index in [-0.39, 0.29) is 10.8 Å². The molecule has 0 aromatic rings. The van der Waals surface area contributed by atoms with Crippen LogP contribution in [-0.2, 0) is 14.3 Å². The second kappa shape index (κ2) is 3.67. The molecule has 0 unspecified atom stereocenters. The minimum absolute atomic E-state index is 0.140. The first-order chi connectivity index (χ1) is 8.42. The smallest absolute Gasteiger partial charge is 0.177 e. The predicted octanol–water partition coefficient (Wildman–Crippen LogP) is 2.85. The second-order valence-electron chi connectivity index (χ2n) is 6.49. The normalized spacial score (nSPS) is 37.5. The van der Waals surface area contributed by atoms with Crippen molar-refractivity contribution in [3.63, 3.8) is 0 Å². The van der Waals surface area contributed by atoms with Crippen molar-refractivity contribution in [2.45, 2.75) is 52.2 Å². The Kier molecular flexibility index (Phi) is 2.52. The minimum Gasteiger partial charge on any atom is -0.347 e. The summed E-state index contributed by atoms with van der Waals surface area (Å²) in [5.41, 5.74) is 0.730. The molecule has 0 aromatic carbocycles. The number of rotatable bonds is 0. The molecule has 18 heavy (non-hydrogen) atoms. The molecule has 1 atom stereocenters. The summed E-state index contributed by atoms with van der Waals surface area (Å²) >= 11 is 0. The van der Waals surface area contributed by atoms with Gasteiger partial charge in [0.05, 0.1) is 13.2 Å². The fourth-order valence-electron chi connectivity index (χ4n) is 4.13. The lowest BCUT2D eigenvalue weighted by Gasteiger charge is -2.54. The van der Waals surface area contributed by atoms with E-state index in [2.05, 4.69) is 13.0 Å². The van der Waals surface area contributed by atoms with Gasteiger partial charge in [0.25, 0.3) is 0 Å². The van der Waals surface area contributed by atoms with Gasteiger partial charge in [-0.1, -0.05) is 13.0 Å². The summed E-state index contributed by atoms with van der Waals surface area (Å²) < 4.78 is 12.0. The molecular weight excluding hydrogens is 228 g/mol. The van der Waals surface area contributed by atoms with Crippen molar-refractivity contribution < 1.29 is 14.3 Å². The summed E-state index contributed by atoms with van der Waals surface area (Å²) in [5.74, 6) is -0.129. The molecule has 1 spiro atoms. The van der Waals surface area contributed by atoms with Gasteiger partial charge in [0.2, 0.25) is 0 Å². The highest BCUT2D eigenvalue weighted by atomic mass is 16.7. The SMILES string of the molecule is CC1(C)C(=O)CC[C@@]2(C)C1=CCCC21OCCO1. The number of hydrogen-bond donors (Lipinski definition) is 0. The van der Waals surface area contributed by atoms with Gasteiger partial charge in [-0.15, -0.1) is 0 Å². The summed E-state index contributed by atoms with van der Waals surface area (Å²) in [4.78, 5) is 12.2. The van der Waals surface area contributed by atoms with E-state index in [1.54, 1.807) is 0 Å². The molecule has 0 radical (unpaired) electrons. The lowest BCUT2D eigenvalue weighted by atomic mass is 9.54. The molecule has 3 rings (SSSR count). The maximum atomic E-state index is 12.2. The third-order valence-corrected chi connectivity index (χ3v) is 5.23. The highest BCUT2D eigenvalue weighted by Crippen LogP contribution is 2.60. The van der Waals surface area contributed by atoms with Crippen LogP contribution < -0.4 is 0 Å². The largest absolute Gasteiger partial charge is 0.347 e. The molecule has 1 aliphatic heterocycles. The zero-order valence-corrected chi connectivity index (χ0v) is 11.5. The van der Waals surface area contributed by atoms with Crippen molar-refractivity contribution >= 4 is 5.78 Å². The van der Waals surface area contributed by atoms with E-state index in [1.165, 1.54) is 5.57 Å². The van der Waals surface area contributed by atoms with Crippen molar-refractivity contribution in [2.75, 3.05) is 13.2 Å². The highest BCUT2D eigenvalue weighted by molar-refractivity contribution is 5.89. The Labute approximate surface area is 109 Å². The number of carbonyl (C=O) groups excluding carboxylic acids is 1. The first kappa shape index (κ1) is 12.4. The van der Waals surface area contributed by atoms with Crippen molar-refractivity contribution in [3.05, 3.63) is 11.6 Å². The molecule has 2 aliphatic carbocycles. The summed E-state index contributed by atoms with van der Waals surface area (Å²) in [6.07, 6.45) is 5.60. The molecule has 0 aromatic heterocycles. The molecule has 1 saturated carbocycles. The van der Waals surface area contributed by atoms with Gasteiger partial charge in [-0.25, -0.2) is 0 Å². The van der Waals surface area contributed by atoms with Gasteiger partial charge in [-0.05, 0) is 32.3 Å². The fourth-order valence-corrected chi connectivity index (χ4v) is 4.13. The lowest BCUT2D eigenvalue weighted by molar-refractivity contribution is -0.237. The minimum atomic E-state index is -0.477. The van der Waals surface area contributed by atoms with Crippen LogP contribution in [0.15, 0.2) is 11.6 Å². The summed E-state index contributed by atoms with van der Waals surface area (Å²) in [6.45, 7) is 7.67. The van der Waals surface area contributed by atoms with Crippen LogP contribution in [0.3, 0.4) is 0 Å². The quantitative estimate of drug-likeness (QED) is 0.620. The molecule has 0 bridgehead atoms. The van der Waals surface area contributed by atoms with Crippen LogP contribution in [0.25, 0.3) is 0 Å². The highest BCUT2D eigenvalue weighted by Gasteiger charge is 2.61. The van der Waals surface area contributed by atoms with Crippen molar-refractivity contribution in [2.24, 2.45) is 10.8 Å². The Bertz CT molecular complexity index is 415. The van der Waals surface area contributed by atoms with E-state index in [0.717, 1.165) is 19.3 Å². The van der Waals surface area contributed by atoms with Crippen molar-refractivity contribution in [1.29, 1.82) is 0 Å². The molecule has 1 saturated heterocycles. The van der Waals surface area contributed by atoms with E-state index in [9.17, 15) is 4.79 Å². The van der Waals surface area contributed by atoms with Gasteiger partial charge in [0.1, 0.15) is 5.78 Å². The third kappa shape index (κ3) is 1.35. The fraction of sp³-hybridized carbons (Fsp3) is 0.800. The number of allylic oxidation sites excluding steroid dienone is 1. The molecule has 3 aliphatic rings. The maximum absolute atomic E-state index is 12.2. The average Bonchev–Trinajstić information content (AvgIpc) is 2.78.